The molecule has 7 nitrogen and oxygen atoms in total. The van der Waals surface area contributed by atoms with Crippen LogP contribution in [0.15, 0.2) is 17.2 Å². The summed E-state index contributed by atoms with van der Waals surface area (Å²) in [5.74, 6) is 3.24. The van der Waals surface area contributed by atoms with Crippen LogP contribution in [0, 0.1) is 23.7 Å². The number of aromatic nitrogens is 1. The minimum Gasteiger partial charge on any atom is -0.481 e. The van der Waals surface area contributed by atoms with Gasteiger partial charge in [-0.2, -0.15) is 0 Å². The van der Waals surface area contributed by atoms with Gasteiger partial charge in [0.25, 0.3) is 5.91 Å². The molecule has 2 heterocycles. The Morgan fingerprint density at radius 3 is 2.73 bits per heavy atom. The summed E-state index contributed by atoms with van der Waals surface area (Å²) in [5.41, 5.74) is 0.728. The smallest absolute Gasteiger partial charge is 0.303 e. The minimum atomic E-state index is -0.737. The quantitative estimate of drug-likeness (QED) is 0.433. The van der Waals surface area contributed by atoms with Crippen molar-refractivity contribution in [2.75, 3.05) is 37.9 Å². The lowest BCUT2D eigenvalue weighted by molar-refractivity contribution is -0.138. The van der Waals surface area contributed by atoms with E-state index in [1.165, 1.54) is 25.7 Å². The van der Waals surface area contributed by atoms with E-state index in [4.69, 9.17) is 9.72 Å². The zero-order chi connectivity index (χ0) is 26.2. The van der Waals surface area contributed by atoms with Crippen LogP contribution in [0.3, 0.4) is 0 Å². The Morgan fingerprint density at radius 2 is 1.97 bits per heavy atom. The van der Waals surface area contributed by atoms with E-state index >= 15 is 0 Å². The molecule has 1 N–H and O–H groups in total. The first-order valence-corrected chi connectivity index (χ1v) is 15.2. The van der Waals surface area contributed by atoms with Crippen molar-refractivity contribution in [1.29, 1.82) is 0 Å². The molecule has 6 atom stereocenters. The summed E-state index contributed by atoms with van der Waals surface area (Å²) in [4.78, 5) is 34.4. The third-order valence-corrected chi connectivity index (χ3v) is 10.8. The Morgan fingerprint density at radius 1 is 1.19 bits per heavy atom. The van der Waals surface area contributed by atoms with E-state index in [2.05, 4.69) is 11.8 Å². The van der Waals surface area contributed by atoms with E-state index in [-0.39, 0.29) is 29.9 Å². The Labute approximate surface area is 225 Å². The minimum absolute atomic E-state index is 0.0269. The highest BCUT2D eigenvalue weighted by atomic mass is 32.2. The molecule has 3 aliphatic carbocycles. The van der Waals surface area contributed by atoms with Crippen LogP contribution in [0.2, 0.25) is 0 Å². The van der Waals surface area contributed by atoms with Crippen LogP contribution >= 0.6 is 11.8 Å². The number of carbonyl (C=O) groups excluding carboxylic acids is 1. The van der Waals surface area contributed by atoms with Gasteiger partial charge in [-0.25, -0.2) is 4.98 Å². The summed E-state index contributed by atoms with van der Waals surface area (Å²) in [5, 5.41) is 10.1. The molecule has 1 aromatic heterocycles. The zero-order valence-electron chi connectivity index (χ0n) is 22.7. The highest BCUT2D eigenvalue weighted by Crippen LogP contribution is 2.57. The second kappa shape index (κ2) is 11.1. The van der Waals surface area contributed by atoms with E-state index in [1.54, 1.807) is 11.8 Å². The zero-order valence-corrected chi connectivity index (χ0v) is 23.5. The van der Waals surface area contributed by atoms with E-state index in [0.29, 0.717) is 18.0 Å². The van der Waals surface area contributed by atoms with Crippen molar-refractivity contribution in [1.82, 2.24) is 9.88 Å². The largest absolute Gasteiger partial charge is 0.481 e. The number of anilines is 1. The maximum Gasteiger partial charge on any atom is 0.303 e. The number of nitrogens with zero attached hydrogens (tertiary/aromatic N) is 3. The third-order valence-electron chi connectivity index (χ3n) is 9.63. The molecule has 8 heteroatoms. The van der Waals surface area contributed by atoms with Crippen molar-refractivity contribution >= 4 is 29.5 Å². The number of carboxylic acids is 1. The predicted octanol–water partition coefficient (Wildman–Crippen LogP) is 5.33. The molecule has 37 heavy (non-hydrogen) atoms. The monoisotopic (exact) mass is 529 g/mol. The van der Waals surface area contributed by atoms with Crippen molar-refractivity contribution in [2.45, 2.75) is 87.8 Å². The standard InChI is InChI=1S/C29H43N3O4S/c1-4-12-37-27-23(8-10-25(30-27)32-11-5-6-19(18-32)13-26(33)34)28(35)31(2)24-9-7-20-15-29(36-3)16-21(20)14-22(24)17-29/h8,10,19-22,24H,4-7,9,11-18H2,1-3H3,(H,33,34)/t19-,20?,21?,22?,24+,29+/m0/s1. The Kier molecular flexibility index (Phi) is 8.06. The lowest BCUT2D eigenvalue weighted by Gasteiger charge is -2.43. The summed E-state index contributed by atoms with van der Waals surface area (Å²) < 4.78 is 6.09. The second-order valence-electron chi connectivity index (χ2n) is 12.0. The van der Waals surface area contributed by atoms with Gasteiger partial charge in [0.1, 0.15) is 10.8 Å². The van der Waals surface area contributed by atoms with Crippen molar-refractivity contribution in [3.63, 3.8) is 0 Å². The van der Waals surface area contributed by atoms with Gasteiger partial charge < -0.3 is 19.6 Å². The Balaban J connectivity index is 1.35. The normalized spacial score (nSPS) is 32.8. The van der Waals surface area contributed by atoms with Crippen LogP contribution in [-0.2, 0) is 9.53 Å². The molecule has 3 unspecified atom stereocenters. The fraction of sp³-hybridized carbons (Fsp3) is 0.759. The highest BCUT2D eigenvalue weighted by molar-refractivity contribution is 7.99. The van der Waals surface area contributed by atoms with Gasteiger partial charge in [-0.3, -0.25) is 9.59 Å². The number of amides is 1. The SMILES string of the molecule is CCCSc1nc(N2CCC[C@@H](CC(=O)O)C2)ccc1C(=O)N(C)[C@@H]1CCC2C[C@@]3(OC)CC2CC1C3. The molecule has 4 fully saturated rings. The number of hydrogen-bond acceptors (Lipinski definition) is 6. The first-order valence-electron chi connectivity index (χ1n) is 14.3. The molecule has 204 valence electrons. The van der Waals surface area contributed by atoms with E-state index < -0.39 is 5.97 Å². The van der Waals surface area contributed by atoms with Crippen LogP contribution in [0.4, 0.5) is 5.82 Å². The number of thioether (sulfide) groups is 1. The van der Waals surface area contributed by atoms with Gasteiger partial charge in [-0.05, 0) is 99.3 Å². The lowest BCUT2D eigenvalue weighted by Crippen LogP contribution is -2.47. The number of pyridine rings is 1. The highest BCUT2D eigenvalue weighted by Gasteiger charge is 2.54. The molecule has 3 saturated carbocycles. The van der Waals surface area contributed by atoms with Gasteiger partial charge in [0, 0.05) is 39.7 Å². The number of rotatable bonds is 9. The number of ether oxygens (including phenoxy) is 1. The number of carbonyl (C=O) groups is 2. The Bertz CT molecular complexity index is 1010. The molecular formula is C29H43N3O4S. The maximum atomic E-state index is 14.0. The summed E-state index contributed by atoms with van der Waals surface area (Å²) in [6.45, 7) is 3.73. The van der Waals surface area contributed by atoms with Gasteiger partial charge in [0.15, 0.2) is 0 Å². The van der Waals surface area contributed by atoms with E-state index in [1.807, 2.05) is 31.2 Å². The van der Waals surface area contributed by atoms with Crippen molar-refractivity contribution in [2.24, 2.45) is 23.7 Å². The van der Waals surface area contributed by atoms with Crippen LogP contribution in [0.1, 0.15) is 81.5 Å². The molecule has 0 aromatic carbocycles. The molecular weight excluding hydrogens is 486 g/mol. The molecule has 1 saturated heterocycles. The van der Waals surface area contributed by atoms with Crippen molar-refractivity contribution < 1.29 is 19.4 Å². The fourth-order valence-corrected chi connectivity index (χ4v) is 8.75. The van der Waals surface area contributed by atoms with Gasteiger partial charge >= 0.3 is 5.97 Å². The summed E-state index contributed by atoms with van der Waals surface area (Å²) in [6.07, 6.45) is 10.1. The first kappa shape index (κ1) is 26.8. The Hall–Kier alpha value is -1.80. The lowest BCUT2D eigenvalue weighted by atomic mass is 9.74. The van der Waals surface area contributed by atoms with Crippen LogP contribution in [0.5, 0.6) is 0 Å². The number of methoxy groups -OCH3 is 1. The first-order chi connectivity index (χ1) is 17.8. The predicted molar refractivity (Wildman–Crippen MR) is 146 cm³/mol. The molecule has 1 aromatic rings. The molecule has 0 radical (unpaired) electrons. The van der Waals surface area contributed by atoms with Gasteiger partial charge in [-0.1, -0.05) is 6.92 Å². The molecule has 0 spiro atoms. The summed E-state index contributed by atoms with van der Waals surface area (Å²) in [6, 6.07) is 4.19. The molecule has 3 bridgehead atoms. The summed E-state index contributed by atoms with van der Waals surface area (Å²) in [7, 11) is 3.88. The average Bonchev–Trinajstić information content (AvgIpc) is 3.08. The fourth-order valence-electron chi connectivity index (χ4n) is 7.88. The van der Waals surface area contributed by atoms with Crippen molar-refractivity contribution in [3.05, 3.63) is 17.7 Å². The average molecular weight is 530 g/mol. The number of aliphatic carboxylic acids is 1. The van der Waals surface area contributed by atoms with Crippen molar-refractivity contribution in [3.8, 4) is 0 Å². The van der Waals surface area contributed by atoms with Gasteiger partial charge in [0.05, 0.1) is 11.2 Å². The molecule has 1 aliphatic heterocycles. The molecule has 4 aliphatic rings. The van der Waals surface area contributed by atoms with Gasteiger partial charge in [-0.15, -0.1) is 11.8 Å². The number of carboxylic acid groups (broad SMARTS) is 1. The van der Waals surface area contributed by atoms with Crippen LogP contribution in [-0.4, -0.2) is 71.5 Å². The van der Waals surface area contributed by atoms with Crippen LogP contribution < -0.4 is 4.90 Å². The molecule has 1 amide bonds. The maximum absolute atomic E-state index is 14.0. The van der Waals surface area contributed by atoms with Crippen LogP contribution in [0.25, 0.3) is 0 Å². The van der Waals surface area contributed by atoms with Gasteiger partial charge in [0.2, 0.25) is 0 Å². The second-order valence-corrected chi connectivity index (χ2v) is 13.1. The molecule has 5 rings (SSSR count). The van der Waals surface area contributed by atoms with E-state index in [9.17, 15) is 14.7 Å². The van der Waals surface area contributed by atoms with E-state index in [0.717, 1.165) is 67.1 Å². The number of hydrogen-bond donors (Lipinski definition) is 1. The number of piperidine rings is 1. The third kappa shape index (κ3) is 5.51. The topological polar surface area (TPSA) is 83.0 Å². The summed E-state index contributed by atoms with van der Waals surface area (Å²) >= 11 is 1.66. The number of fused-ring (bicyclic) bond motifs is 2.